The largest absolute Gasteiger partial charge is 0.361 e. The molecule has 2 N–H and O–H groups in total. The van der Waals surface area contributed by atoms with Crippen molar-refractivity contribution in [3.63, 3.8) is 0 Å². The van der Waals surface area contributed by atoms with Gasteiger partial charge in [-0.3, -0.25) is 4.79 Å². The van der Waals surface area contributed by atoms with Crippen LogP contribution in [0.4, 0.5) is 0 Å². The van der Waals surface area contributed by atoms with Gasteiger partial charge in [0.05, 0.1) is 12.1 Å². The summed E-state index contributed by atoms with van der Waals surface area (Å²) in [5.41, 5.74) is 5.77. The molecule has 1 aromatic carbocycles. The SMILES string of the molecule is CC/C(C)=C(\C(C)=N)c1ccc(CNC=O)cc1.CC1CCCN1C.Cc1cc(CC=O)on1. The van der Waals surface area contributed by atoms with Crippen molar-refractivity contribution in [3.05, 3.63) is 58.5 Å². The van der Waals surface area contributed by atoms with Crippen molar-refractivity contribution in [2.75, 3.05) is 13.6 Å². The summed E-state index contributed by atoms with van der Waals surface area (Å²) in [6.07, 6.45) is 5.55. The summed E-state index contributed by atoms with van der Waals surface area (Å²) in [4.78, 5) is 22.5. The van der Waals surface area contributed by atoms with Crippen LogP contribution in [0.1, 0.15) is 69.5 Å². The number of nitrogens with zero attached hydrogens (tertiary/aromatic N) is 2. The number of rotatable bonds is 8. The van der Waals surface area contributed by atoms with Gasteiger partial charge in [0.2, 0.25) is 6.41 Å². The van der Waals surface area contributed by atoms with Gasteiger partial charge in [-0.2, -0.15) is 0 Å². The van der Waals surface area contributed by atoms with Gasteiger partial charge in [-0.15, -0.1) is 0 Å². The molecular weight excluding hydrogens is 428 g/mol. The maximum atomic E-state index is 10.2. The lowest BCUT2D eigenvalue weighted by Gasteiger charge is -2.12. The highest BCUT2D eigenvalue weighted by Crippen LogP contribution is 2.22. The molecule has 0 aliphatic carbocycles. The third kappa shape index (κ3) is 10.3. The van der Waals surface area contributed by atoms with E-state index in [0.29, 0.717) is 30.8 Å². The molecule has 0 radical (unpaired) electrons. The Hall–Kier alpha value is -3.06. The summed E-state index contributed by atoms with van der Waals surface area (Å²) in [5.74, 6) is 0.627. The Balaban J connectivity index is 0.000000297. The van der Waals surface area contributed by atoms with Crippen molar-refractivity contribution in [1.29, 1.82) is 5.41 Å². The van der Waals surface area contributed by atoms with E-state index in [4.69, 9.17) is 9.93 Å². The van der Waals surface area contributed by atoms with Crippen LogP contribution in [0.15, 0.2) is 40.4 Å². The molecule has 2 aromatic rings. The number of carbonyl (C=O) groups excluding carboxylic acids is 2. The number of benzene rings is 1. The monoisotopic (exact) mass is 468 g/mol. The van der Waals surface area contributed by atoms with Crippen molar-refractivity contribution in [2.24, 2.45) is 0 Å². The van der Waals surface area contributed by atoms with Crippen LogP contribution in [0.5, 0.6) is 0 Å². The van der Waals surface area contributed by atoms with E-state index in [-0.39, 0.29) is 0 Å². The van der Waals surface area contributed by atoms with E-state index >= 15 is 0 Å². The fourth-order valence-electron chi connectivity index (χ4n) is 3.58. The summed E-state index contributed by atoms with van der Waals surface area (Å²) < 4.78 is 4.72. The zero-order chi connectivity index (χ0) is 25.5. The van der Waals surface area contributed by atoms with Crippen molar-refractivity contribution >= 4 is 24.0 Å². The highest BCUT2D eigenvalue weighted by Gasteiger charge is 2.14. The minimum atomic E-state index is 0.320. The summed E-state index contributed by atoms with van der Waals surface area (Å²) in [6, 6.07) is 10.6. The van der Waals surface area contributed by atoms with Crippen molar-refractivity contribution in [1.82, 2.24) is 15.4 Å². The van der Waals surface area contributed by atoms with Crippen LogP contribution in [0.3, 0.4) is 0 Å². The lowest BCUT2D eigenvalue weighted by molar-refractivity contribution is -0.109. The minimum Gasteiger partial charge on any atom is -0.361 e. The van der Waals surface area contributed by atoms with Crippen LogP contribution in [-0.2, 0) is 22.6 Å². The first-order chi connectivity index (χ1) is 16.2. The Labute approximate surface area is 204 Å². The molecule has 1 unspecified atom stereocenters. The van der Waals surface area contributed by atoms with Crippen LogP contribution < -0.4 is 5.32 Å². The molecule has 7 heteroatoms. The molecule has 1 fully saturated rings. The number of amides is 1. The Kier molecular flexibility index (Phi) is 13.4. The van der Waals surface area contributed by atoms with Crippen molar-refractivity contribution in [3.8, 4) is 0 Å². The summed E-state index contributed by atoms with van der Waals surface area (Å²) in [7, 11) is 2.19. The molecule has 186 valence electrons. The molecule has 7 nitrogen and oxygen atoms in total. The Bertz CT molecular complexity index is 924. The first-order valence-corrected chi connectivity index (χ1v) is 11.8. The molecule has 3 rings (SSSR count). The van der Waals surface area contributed by atoms with Gasteiger partial charge in [-0.1, -0.05) is 41.9 Å². The van der Waals surface area contributed by atoms with E-state index in [1.54, 1.807) is 6.07 Å². The molecule has 1 atom stereocenters. The van der Waals surface area contributed by atoms with E-state index in [2.05, 4.69) is 43.2 Å². The second-order valence-corrected chi connectivity index (χ2v) is 8.61. The molecule has 0 spiro atoms. The molecule has 0 saturated carbocycles. The zero-order valence-corrected chi connectivity index (χ0v) is 21.5. The topological polar surface area (TPSA) is 99.3 Å². The molecule has 0 bridgehead atoms. The average molecular weight is 469 g/mol. The molecular formula is C27H40N4O3. The number of hydrogen-bond acceptors (Lipinski definition) is 6. The molecule has 1 aliphatic rings. The number of nitrogens with one attached hydrogen (secondary N) is 2. The van der Waals surface area contributed by atoms with Crippen LogP contribution in [-0.4, -0.2) is 48.1 Å². The fraction of sp³-hybridized carbons (Fsp3) is 0.481. The maximum absolute atomic E-state index is 10.2. The van der Waals surface area contributed by atoms with Crippen molar-refractivity contribution < 1.29 is 14.1 Å². The Morgan fingerprint density at radius 2 is 1.94 bits per heavy atom. The highest BCUT2D eigenvalue weighted by atomic mass is 16.5. The van der Waals surface area contributed by atoms with Gasteiger partial charge in [-0.05, 0) is 71.7 Å². The average Bonchev–Trinajstić information content (AvgIpc) is 3.40. The van der Waals surface area contributed by atoms with Gasteiger partial charge in [0.25, 0.3) is 0 Å². The molecule has 2 heterocycles. The summed E-state index contributed by atoms with van der Waals surface area (Å²) in [6.45, 7) is 11.9. The molecule has 34 heavy (non-hydrogen) atoms. The molecule has 1 saturated heterocycles. The van der Waals surface area contributed by atoms with Crippen LogP contribution in [0.25, 0.3) is 5.57 Å². The highest BCUT2D eigenvalue weighted by molar-refractivity contribution is 6.21. The number of carbonyl (C=O) groups is 2. The van der Waals surface area contributed by atoms with E-state index in [0.717, 1.165) is 41.1 Å². The molecule has 1 aliphatic heterocycles. The fourth-order valence-corrected chi connectivity index (χ4v) is 3.58. The zero-order valence-electron chi connectivity index (χ0n) is 21.5. The predicted octanol–water partition coefficient (Wildman–Crippen LogP) is 4.98. The quantitative estimate of drug-likeness (QED) is 0.420. The van der Waals surface area contributed by atoms with Crippen LogP contribution >= 0.6 is 0 Å². The lowest BCUT2D eigenvalue weighted by Crippen LogP contribution is -2.20. The van der Waals surface area contributed by atoms with Crippen molar-refractivity contribution in [2.45, 2.75) is 72.9 Å². The summed E-state index contributed by atoms with van der Waals surface area (Å²) >= 11 is 0. The van der Waals surface area contributed by atoms with Crippen LogP contribution in [0.2, 0.25) is 0 Å². The Morgan fingerprint density at radius 1 is 1.26 bits per heavy atom. The Morgan fingerprint density at radius 3 is 2.32 bits per heavy atom. The van der Waals surface area contributed by atoms with Gasteiger partial charge in [-0.25, -0.2) is 0 Å². The second-order valence-electron chi connectivity index (χ2n) is 8.61. The smallest absolute Gasteiger partial charge is 0.207 e. The third-order valence-electron chi connectivity index (χ3n) is 5.81. The maximum Gasteiger partial charge on any atom is 0.207 e. The van der Waals surface area contributed by atoms with Gasteiger partial charge in [0.1, 0.15) is 12.0 Å². The first kappa shape index (κ1) is 29.0. The predicted molar refractivity (Wildman–Crippen MR) is 138 cm³/mol. The van der Waals surface area contributed by atoms with Gasteiger partial charge in [0, 0.05) is 29.9 Å². The molecule has 1 aromatic heterocycles. The number of likely N-dealkylation sites (tertiary alicyclic amines) is 1. The third-order valence-corrected chi connectivity index (χ3v) is 5.81. The van der Waals surface area contributed by atoms with E-state index in [1.165, 1.54) is 25.0 Å². The van der Waals surface area contributed by atoms with E-state index in [9.17, 15) is 9.59 Å². The van der Waals surface area contributed by atoms with E-state index in [1.807, 2.05) is 38.1 Å². The van der Waals surface area contributed by atoms with Gasteiger partial charge >= 0.3 is 0 Å². The lowest BCUT2D eigenvalue weighted by atomic mass is 9.95. The molecule has 1 amide bonds. The minimum absolute atomic E-state index is 0.320. The van der Waals surface area contributed by atoms with Gasteiger partial charge in [0.15, 0.2) is 0 Å². The standard InChI is InChI=1S/C15H20N2O.C6H7NO2.C6H13N/c1-4-11(2)15(12(3)16)14-7-5-13(6-8-14)9-17-10-18;1-5-4-6(2-3-8)9-7-5;1-6-4-3-5-7(6)2/h5-8,10,16H,4,9H2,1-3H3,(H,17,18);3-4H,2H2,1H3;6H,3-5H2,1-2H3/b15-11+,16-12?;;. The second kappa shape index (κ2) is 15.7. The number of aromatic nitrogens is 1. The number of hydrogen-bond donors (Lipinski definition) is 2. The first-order valence-electron chi connectivity index (χ1n) is 11.8. The summed E-state index contributed by atoms with van der Waals surface area (Å²) in [5, 5.41) is 14.1. The van der Waals surface area contributed by atoms with Crippen LogP contribution in [0, 0.1) is 12.3 Å². The number of aryl methyl sites for hydroxylation is 1. The van der Waals surface area contributed by atoms with Gasteiger partial charge < -0.3 is 24.9 Å². The van der Waals surface area contributed by atoms with E-state index < -0.39 is 0 Å². The number of aldehydes is 1. The number of allylic oxidation sites excluding steroid dienone is 2. The normalized spacial score (nSPS) is 15.8.